The molecule has 118 valence electrons. The quantitative estimate of drug-likeness (QED) is 0.755. The van der Waals surface area contributed by atoms with Crippen LogP contribution in [0, 0.1) is 6.92 Å². The van der Waals surface area contributed by atoms with E-state index >= 15 is 0 Å². The molecular formula is C16H21N3O3. The van der Waals surface area contributed by atoms with Gasteiger partial charge in [-0.3, -0.25) is 9.48 Å². The molecule has 0 aliphatic heterocycles. The van der Waals surface area contributed by atoms with E-state index in [4.69, 9.17) is 9.47 Å². The number of rotatable bonds is 8. The molecular weight excluding hydrogens is 282 g/mol. The van der Waals surface area contributed by atoms with Gasteiger partial charge in [-0.05, 0) is 24.6 Å². The summed E-state index contributed by atoms with van der Waals surface area (Å²) in [6, 6.07) is 7.37. The van der Waals surface area contributed by atoms with Gasteiger partial charge in [0.2, 0.25) is 5.91 Å². The molecule has 1 aromatic heterocycles. The summed E-state index contributed by atoms with van der Waals surface area (Å²) in [5.74, 6) is 1.46. The van der Waals surface area contributed by atoms with Crippen molar-refractivity contribution >= 4 is 5.91 Å². The Hall–Kier alpha value is -2.50. The van der Waals surface area contributed by atoms with Gasteiger partial charge < -0.3 is 14.8 Å². The second-order valence-electron chi connectivity index (χ2n) is 4.91. The molecule has 0 saturated heterocycles. The first-order valence-electron chi connectivity index (χ1n) is 7.20. The number of carbonyl (C=O) groups excluding carboxylic acids is 1. The van der Waals surface area contributed by atoms with Gasteiger partial charge in [-0.25, -0.2) is 0 Å². The number of methoxy groups -OCH3 is 1. The maximum atomic E-state index is 11.7. The largest absolute Gasteiger partial charge is 0.497 e. The Bertz CT molecular complexity index is 610. The number of hydrogen-bond donors (Lipinski definition) is 1. The van der Waals surface area contributed by atoms with Gasteiger partial charge in [-0.2, -0.15) is 5.10 Å². The number of amides is 1. The van der Waals surface area contributed by atoms with Crippen molar-refractivity contribution < 1.29 is 14.3 Å². The van der Waals surface area contributed by atoms with Crippen LogP contribution in [0.1, 0.15) is 12.0 Å². The van der Waals surface area contributed by atoms with Crippen molar-refractivity contribution in [1.29, 1.82) is 0 Å². The SMILES string of the molecule is COc1cccc(OCCNC(=O)CCn2cc(C)cn2)c1. The van der Waals surface area contributed by atoms with Crippen molar-refractivity contribution in [3.63, 3.8) is 0 Å². The van der Waals surface area contributed by atoms with Gasteiger partial charge in [0, 0.05) is 25.2 Å². The molecule has 6 heteroatoms. The Morgan fingerprint density at radius 1 is 1.36 bits per heavy atom. The fourth-order valence-corrected chi connectivity index (χ4v) is 1.94. The predicted octanol–water partition coefficient (Wildman–Crippen LogP) is 1.79. The van der Waals surface area contributed by atoms with Crippen molar-refractivity contribution in [2.75, 3.05) is 20.3 Å². The van der Waals surface area contributed by atoms with Crippen LogP contribution in [0.4, 0.5) is 0 Å². The summed E-state index contributed by atoms with van der Waals surface area (Å²) in [6.45, 7) is 3.43. The first-order valence-corrected chi connectivity index (χ1v) is 7.20. The number of nitrogens with one attached hydrogen (secondary N) is 1. The van der Waals surface area contributed by atoms with E-state index in [1.807, 2.05) is 37.4 Å². The molecule has 0 radical (unpaired) electrons. The van der Waals surface area contributed by atoms with Crippen LogP contribution in [-0.4, -0.2) is 35.9 Å². The van der Waals surface area contributed by atoms with E-state index < -0.39 is 0 Å². The van der Waals surface area contributed by atoms with Gasteiger partial charge >= 0.3 is 0 Å². The van der Waals surface area contributed by atoms with Crippen molar-refractivity contribution in [2.24, 2.45) is 0 Å². The van der Waals surface area contributed by atoms with E-state index in [-0.39, 0.29) is 5.91 Å². The van der Waals surface area contributed by atoms with Gasteiger partial charge in [0.15, 0.2) is 0 Å². The lowest BCUT2D eigenvalue weighted by molar-refractivity contribution is -0.121. The van der Waals surface area contributed by atoms with Crippen LogP contribution >= 0.6 is 0 Å². The van der Waals surface area contributed by atoms with Crippen molar-refractivity contribution in [2.45, 2.75) is 19.9 Å². The van der Waals surface area contributed by atoms with Crippen LogP contribution in [0.15, 0.2) is 36.7 Å². The number of ether oxygens (including phenoxy) is 2. The van der Waals surface area contributed by atoms with E-state index in [9.17, 15) is 4.79 Å². The van der Waals surface area contributed by atoms with Crippen LogP contribution in [0.5, 0.6) is 11.5 Å². The molecule has 1 aromatic carbocycles. The summed E-state index contributed by atoms with van der Waals surface area (Å²) in [6.07, 6.45) is 4.10. The number of aromatic nitrogens is 2. The van der Waals surface area contributed by atoms with E-state index in [0.29, 0.717) is 26.1 Å². The van der Waals surface area contributed by atoms with E-state index in [1.165, 1.54) is 0 Å². The highest BCUT2D eigenvalue weighted by atomic mass is 16.5. The topological polar surface area (TPSA) is 65.4 Å². The Morgan fingerprint density at radius 2 is 2.18 bits per heavy atom. The van der Waals surface area contributed by atoms with E-state index in [2.05, 4.69) is 10.4 Å². The molecule has 1 amide bonds. The fraction of sp³-hybridized carbons (Fsp3) is 0.375. The van der Waals surface area contributed by atoms with Crippen LogP contribution in [0.2, 0.25) is 0 Å². The summed E-state index contributed by atoms with van der Waals surface area (Å²) in [5, 5.41) is 6.96. The standard InChI is InChI=1S/C16H21N3O3/c1-13-11-18-19(12-13)8-6-16(20)17-7-9-22-15-5-3-4-14(10-15)21-2/h3-5,10-12H,6-9H2,1-2H3,(H,17,20). The van der Waals surface area contributed by atoms with Crippen LogP contribution < -0.4 is 14.8 Å². The minimum Gasteiger partial charge on any atom is -0.497 e. The lowest BCUT2D eigenvalue weighted by atomic mass is 10.3. The monoisotopic (exact) mass is 303 g/mol. The summed E-state index contributed by atoms with van der Waals surface area (Å²) < 4.78 is 12.4. The van der Waals surface area contributed by atoms with Gasteiger partial charge in [-0.1, -0.05) is 6.07 Å². The maximum absolute atomic E-state index is 11.7. The highest BCUT2D eigenvalue weighted by molar-refractivity contribution is 5.75. The zero-order chi connectivity index (χ0) is 15.8. The van der Waals surface area contributed by atoms with Gasteiger partial charge in [0.05, 0.1) is 19.9 Å². The third kappa shape index (κ3) is 5.12. The van der Waals surface area contributed by atoms with Gasteiger partial charge in [0.25, 0.3) is 0 Å². The minimum atomic E-state index is -0.0117. The van der Waals surface area contributed by atoms with E-state index in [1.54, 1.807) is 18.0 Å². The molecule has 0 saturated carbocycles. The number of nitrogens with zero attached hydrogens (tertiary/aromatic N) is 2. The first-order chi connectivity index (χ1) is 10.7. The maximum Gasteiger partial charge on any atom is 0.221 e. The Labute approximate surface area is 130 Å². The molecule has 0 atom stereocenters. The first kappa shape index (κ1) is 15.9. The molecule has 0 fully saturated rings. The molecule has 0 aliphatic rings. The minimum absolute atomic E-state index is 0.0117. The normalized spacial score (nSPS) is 10.3. The Kier molecular flexibility index (Phi) is 5.82. The molecule has 0 aliphatic carbocycles. The molecule has 2 aromatic rings. The third-order valence-electron chi connectivity index (χ3n) is 3.06. The smallest absolute Gasteiger partial charge is 0.221 e. The second kappa shape index (κ2) is 8.07. The highest BCUT2D eigenvalue weighted by Gasteiger charge is 2.03. The molecule has 1 heterocycles. The van der Waals surface area contributed by atoms with Gasteiger partial charge in [0.1, 0.15) is 18.1 Å². The zero-order valence-electron chi connectivity index (χ0n) is 12.9. The molecule has 0 bridgehead atoms. The highest BCUT2D eigenvalue weighted by Crippen LogP contribution is 2.18. The van der Waals surface area contributed by atoms with Crippen LogP contribution in [0.3, 0.4) is 0 Å². The van der Waals surface area contributed by atoms with Crippen LogP contribution in [-0.2, 0) is 11.3 Å². The molecule has 0 unspecified atom stereocenters. The summed E-state index contributed by atoms with van der Waals surface area (Å²) in [4.78, 5) is 11.7. The number of hydrogen-bond acceptors (Lipinski definition) is 4. The third-order valence-corrected chi connectivity index (χ3v) is 3.06. The summed E-state index contributed by atoms with van der Waals surface area (Å²) >= 11 is 0. The lowest BCUT2D eigenvalue weighted by Gasteiger charge is -2.09. The predicted molar refractivity (Wildman–Crippen MR) is 83.1 cm³/mol. The number of carbonyl (C=O) groups is 1. The molecule has 0 spiro atoms. The number of aryl methyl sites for hydroxylation is 2. The Balaban J connectivity index is 1.62. The Morgan fingerprint density at radius 3 is 2.91 bits per heavy atom. The molecule has 22 heavy (non-hydrogen) atoms. The lowest BCUT2D eigenvalue weighted by Crippen LogP contribution is -2.28. The second-order valence-corrected chi connectivity index (χ2v) is 4.91. The summed E-state index contributed by atoms with van der Waals surface area (Å²) in [5.41, 5.74) is 1.09. The summed E-state index contributed by atoms with van der Waals surface area (Å²) in [7, 11) is 1.61. The van der Waals surface area contributed by atoms with E-state index in [0.717, 1.165) is 17.1 Å². The molecule has 1 N–H and O–H groups in total. The zero-order valence-corrected chi connectivity index (χ0v) is 12.9. The van der Waals surface area contributed by atoms with Crippen molar-refractivity contribution in [1.82, 2.24) is 15.1 Å². The van der Waals surface area contributed by atoms with Gasteiger partial charge in [-0.15, -0.1) is 0 Å². The average Bonchev–Trinajstić information content (AvgIpc) is 2.95. The van der Waals surface area contributed by atoms with Crippen molar-refractivity contribution in [3.8, 4) is 11.5 Å². The number of benzene rings is 1. The fourth-order valence-electron chi connectivity index (χ4n) is 1.94. The van der Waals surface area contributed by atoms with Crippen molar-refractivity contribution in [3.05, 3.63) is 42.2 Å². The molecule has 2 rings (SSSR count). The molecule has 6 nitrogen and oxygen atoms in total. The average molecular weight is 303 g/mol. The van der Waals surface area contributed by atoms with Crippen LogP contribution in [0.25, 0.3) is 0 Å².